The Balaban J connectivity index is 2.36. The summed E-state index contributed by atoms with van der Waals surface area (Å²) < 4.78 is 0. The van der Waals surface area contributed by atoms with Crippen LogP contribution in [-0.4, -0.2) is 24.9 Å². The molecule has 0 aliphatic carbocycles. The van der Waals surface area contributed by atoms with Gasteiger partial charge in [-0.1, -0.05) is 37.6 Å². The highest BCUT2D eigenvalue weighted by atomic mass is 16.2. The van der Waals surface area contributed by atoms with Crippen molar-refractivity contribution in [1.82, 2.24) is 10.6 Å². The fourth-order valence-corrected chi connectivity index (χ4v) is 1.81. The first-order valence-corrected chi connectivity index (χ1v) is 7.21. The highest BCUT2D eigenvalue weighted by Gasteiger charge is 2.05. The highest BCUT2D eigenvalue weighted by Crippen LogP contribution is 2.11. The van der Waals surface area contributed by atoms with Crippen LogP contribution in [0.3, 0.4) is 0 Å². The van der Waals surface area contributed by atoms with Crippen LogP contribution >= 0.6 is 0 Å². The minimum atomic E-state index is -0.159. The molecular formula is C17H24N2O2. The van der Waals surface area contributed by atoms with Gasteiger partial charge in [-0.15, -0.1) is 0 Å². The van der Waals surface area contributed by atoms with Gasteiger partial charge in [-0.3, -0.25) is 9.59 Å². The molecule has 0 aromatic heterocycles. The van der Waals surface area contributed by atoms with E-state index in [0.717, 1.165) is 11.1 Å². The van der Waals surface area contributed by atoms with Gasteiger partial charge >= 0.3 is 0 Å². The van der Waals surface area contributed by atoms with E-state index < -0.39 is 0 Å². The fraction of sp³-hybridized carbons (Fsp3) is 0.412. The summed E-state index contributed by atoms with van der Waals surface area (Å²) in [7, 11) is 0. The van der Waals surface area contributed by atoms with Crippen molar-refractivity contribution in [3.8, 4) is 0 Å². The molecule has 4 heteroatoms. The summed E-state index contributed by atoms with van der Waals surface area (Å²) >= 11 is 0. The predicted molar refractivity (Wildman–Crippen MR) is 85.8 cm³/mol. The van der Waals surface area contributed by atoms with Gasteiger partial charge in [0.05, 0.1) is 0 Å². The molecule has 0 fully saturated rings. The van der Waals surface area contributed by atoms with Gasteiger partial charge in [-0.25, -0.2) is 0 Å². The minimum Gasteiger partial charge on any atom is -0.354 e. The van der Waals surface area contributed by atoms with Crippen LogP contribution in [0.5, 0.6) is 0 Å². The second-order valence-corrected chi connectivity index (χ2v) is 5.43. The Kier molecular flexibility index (Phi) is 6.66. The van der Waals surface area contributed by atoms with Gasteiger partial charge in [0.1, 0.15) is 0 Å². The molecule has 2 amide bonds. The number of carbonyl (C=O) groups is 2. The number of hydrogen-bond donors (Lipinski definition) is 2. The first kappa shape index (κ1) is 17.0. The molecule has 0 aliphatic rings. The molecule has 21 heavy (non-hydrogen) atoms. The summed E-state index contributed by atoms with van der Waals surface area (Å²) in [4.78, 5) is 23.0. The first-order chi connectivity index (χ1) is 9.90. The molecule has 4 nitrogen and oxygen atoms in total. The maximum absolute atomic E-state index is 11.7. The standard InChI is InChI=1S/C17H24N2O2/c1-12(2)17(21)19-10-9-18-16(20)8-7-15-6-5-13(3)11-14(15)4/h5-8,11-12H,9-10H2,1-4H3,(H,18,20)(H,19,21)/b8-7+. The largest absolute Gasteiger partial charge is 0.354 e. The van der Waals surface area contributed by atoms with Crippen molar-refractivity contribution < 1.29 is 9.59 Å². The van der Waals surface area contributed by atoms with E-state index in [1.54, 1.807) is 6.08 Å². The van der Waals surface area contributed by atoms with Crippen LogP contribution in [0, 0.1) is 19.8 Å². The SMILES string of the molecule is Cc1ccc(/C=C/C(=O)NCCNC(=O)C(C)C)c(C)c1. The zero-order chi connectivity index (χ0) is 15.8. The maximum atomic E-state index is 11.7. The number of nitrogens with one attached hydrogen (secondary N) is 2. The Morgan fingerprint density at radius 2 is 1.81 bits per heavy atom. The van der Waals surface area contributed by atoms with E-state index >= 15 is 0 Å². The summed E-state index contributed by atoms with van der Waals surface area (Å²) in [6.07, 6.45) is 3.32. The first-order valence-electron chi connectivity index (χ1n) is 7.21. The molecule has 0 bridgehead atoms. The van der Waals surface area contributed by atoms with E-state index in [4.69, 9.17) is 0 Å². The molecule has 0 atom stereocenters. The van der Waals surface area contributed by atoms with Crippen molar-refractivity contribution in [3.05, 3.63) is 41.0 Å². The molecule has 114 valence electrons. The van der Waals surface area contributed by atoms with Crippen LogP contribution in [0.15, 0.2) is 24.3 Å². The Hall–Kier alpha value is -2.10. The van der Waals surface area contributed by atoms with Crippen LogP contribution in [0.4, 0.5) is 0 Å². The van der Waals surface area contributed by atoms with Gasteiger partial charge in [0.25, 0.3) is 0 Å². The van der Waals surface area contributed by atoms with Crippen molar-refractivity contribution >= 4 is 17.9 Å². The lowest BCUT2D eigenvalue weighted by molar-refractivity contribution is -0.124. The molecule has 0 saturated heterocycles. The van der Waals surface area contributed by atoms with Crippen LogP contribution in [0.2, 0.25) is 0 Å². The number of hydrogen-bond acceptors (Lipinski definition) is 2. The number of carbonyl (C=O) groups excluding carboxylic acids is 2. The molecule has 0 heterocycles. The Bertz CT molecular complexity index is 534. The van der Waals surface area contributed by atoms with Crippen molar-refractivity contribution in [2.75, 3.05) is 13.1 Å². The molecule has 0 aliphatic heterocycles. The van der Waals surface area contributed by atoms with E-state index in [9.17, 15) is 9.59 Å². The zero-order valence-electron chi connectivity index (χ0n) is 13.2. The Morgan fingerprint density at radius 1 is 1.14 bits per heavy atom. The molecular weight excluding hydrogens is 264 g/mol. The summed E-state index contributed by atoms with van der Waals surface area (Å²) in [5.74, 6) is -0.200. The van der Waals surface area contributed by atoms with Crippen molar-refractivity contribution in [1.29, 1.82) is 0 Å². The molecule has 0 radical (unpaired) electrons. The minimum absolute atomic E-state index is 0.00456. The molecule has 2 N–H and O–H groups in total. The third-order valence-electron chi connectivity index (χ3n) is 3.09. The van der Waals surface area contributed by atoms with Gasteiger partial charge in [-0.2, -0.15) is 0 Å². The summed E-state index contributed by atoms with van der Waals surface area (Å²) in [6.45, 7) is 8.60. The van der Waals surface area contributed by atoms with E-state index in [1.165, 1.54) is 11.6 Å². The van der Waals surface area contributed by atoms with E-state index in [0.29, 0.717) is 13.1 Å². The van der Waals surface area contributed by atoms with Crippen LogP contribution in [0.1, 0.15) is 30.5 Å². The Labute approximate surface area is 126 Å². The third-order valence-corrected chi connectivity index (χ3v) is 3.09. The number of amides is 2. The number of aryl methyl sites for hydroxylation is 2. The summed E-state index contributed by atoms with van der Waals surface area (Å²) in [5.41, 5.74) is 3.38. The van der Waals surface area contributed by atoms with E-state index in [1.807, 2.05) is 39.8 Å². The lowest BCUT2D eigenvalue weighted by Crippen LogP contribution is -2.35. The van der Waals surface area contributed by atoms with Gasteiger partial charge in [0.2, 0.25) is 11.8 Å². The van der Waals surface area contributed by atoms with Gasteiger partial charge < -0.3 is 10.6 Å². The summed E-state index contributed by atoms with van der Waals surface area (Å²) in [6, 6.07) is 6.10. The van der Waals surface area contributed by atoms with Crippen LogP contribution < -0.4 is 10.6 Å². The maximum Gasteiger partial charge on any atom is 0.244 e. The van der Waals surface area contributed by atoms with Gasteiger partial charge in [0, 0.05) is 25.1 Å². The molecule has 0 spiro atoms. The topological polar surface area (TPSA) is 58.2 Å². The van der Waals surface area contributed by atoms with Crippen molar-refractivity contribution in [2.45, 2.75) is 27.7 Å². The normalized spacial score (nSPS) is 10.9. The summed E-state index contributed by atoms with van der Waals surface area (Å²) in [5, 5.41) is 5.49. The second-order valence-electron chi connectivity index (χ2n) is 5.43. The molecule has 0 unspecified atom stereocenters. The smallest absolute Gasteiger partial charge is 0.244 e. The monoisotopic (exact) mass is 288 g/mol. The van der Waals surface area contributed by atoms with Crippen LogP contribution in [-0.2, 0) is 9.59 Å². The third kappa shape index (κ3) is 6.25. The van der Waals surface area contributed by atoms with Gasteiger partial charge in [-0.05, 0) is 31.1 Å². The Morgan fingerprint density at radius 3 is 2.43 bits per heavy atom. The molecule has 1 aromatic carbocycles. The highest BCUT2D eigenvalue weighted by molar-refractivity contribution is 5.91. The van der Waals surface area contributed by atoms with E-state index in [-0.39, 0.29) is 17.7 Å². The lowest BCUT2D eigenvalue weighted by atomic mass is 10.1. The van der Waals surface area contributed by atoms with Gasteiger partial charge in [0.15, 0.2) is 0 Å². The number of rotatable bonds is 6. The zero-order valence-corrected chi connectivity index (χ0v) is 13.2. The fourth-order valence-electron chi connectivity index (χ4n) is 1.81. The molecule has 1 aromatic rings. The average Bonchev–Trinajstić information content (AvgIpc) is 2.42. The second kappa shape index (κ2) is 8.25. The molecule has 0 saturated carbocycles. The quantitative estimate of drug-likeness (QED) is 0.623. The predicted octanol–water partition coefficient (Wildman–Crippen LogP) is 2.21. The van der Waals surface area contributed by atoms with Crippen LogP contribution in [0.25, 0.3) is 6.08 Å². The lowest BCUT2D eigenvalue weighted by Gasteiger charge is -2.07. The van der Waals surface area contributed by atoms with Crippen molar-refractivity contribution in [3.63, 3.8) is 0 Å². The average molecular weight is 288 g/mol. The van der Waals surface area contributed by atoms with E-state index in [2.05, 4.69) is 16.7 Å². The molecule has 1 rings (SSSR count). The van der Waals surface area contributed by atoms with Crippen molar-refractivity contribution in [2.24, 2.45) is 5.92 Å². The number of benzene rings is 1.